The van der Waals surface area contributed by atoms with E-state index in [2.05, 4.69) is 10.0 Å². The Morgan fingerprint density at radius 2 is 1.61 bits per heavy atom. The SMILES string of the molecule is Cc1ccccc1NS(=O)(=O)c1ccc(C(=O)NC(c2ccc(F)cc2)c2cccs2)cc1. The van der Waals surface area contributed by atoms with Crippen LogP contribution in [0.2, 0.25) is 0 Å². The molecule has 0 aliphatic carbocycles. The molecule has 8 heteroatoms. The van der Waals surface area contributed by atoms with Gasteiger partial charge in [0.15, 0.2) is 0 Å². The number of carbonyl (C=O) groups excluding carboxylic acids is 1. The van der Waals surface area contributed by atoms with Gasteiger partial charge < -0.3 is 5.32 Å². The monoisotopic (exact) mass is 480 g/mol. The maximum atomic E-state index is 13.4. The van der Waals surface area contributed by atoms with E-state index in [1.54, 1.807) is 24.3 Å². The fraction of sp³-hybridized carbons (Fsp3) is 0.0800. The van der Waals surface area contributed by atoms with Crippen LogP contribution in [0.15, 0.2) is 95.2 Å². The number of halogens is 1. The van der Waals surface area contributed by atoms with Crippen LogP contribution in [0.1, 0.15) is 32.4 Å². The number of carbonyl (C=O) groups is 1. The normalized spacial score (nSPS) is 12.2. The molecular weight excluding hydrogens is 459 g/mol. The molecule has 1 atom stereocenters. The molecule has 0 saturated carbocycles. The zero-order valence-electron chi connectivity index (χ0n) is 17.7. The van der Waals surface area contributed by atoms with Gasteiger partial charge in [0, 0.05) is 10.4 Å². The first-order valence-corrected chi connectivity index (χ1v) is 12.5. The summed E-state index contributed by atoms with van der Waals surface area (Å²) in [6, 6.07) is 22.1. The van der Waals surface area contributed by atoms with Gasteiger partial charge in [-0.2, -0.15) is 0 Å². The number of aryl methyl sites for hydroxylation is 1. The smallest absolute Gasteiger partial charge is 0.261 e. The third-order valence-corrected chi connectivity index (χ3v) is 7.44. The second-order valence-corrected chi connectivity index (χ2v) is 10.1. The van der Waals surface area contributed by atoms with E-state index >= 15 is 0 Å². The average molecular weight is 481 g/mol. The number of rotatable bonds is 7. The van der Waals surface area contributed by atoms with E-state index < -0.39 is 16.1 Å². The van der Waals surface area contributed by atoms with E-state index in [0.29, 0.717) is 11.3 Å². The number of sulfonamides is 1. The minimum atomic E-state index is -3.80. The van der Waals surface area contributed by atoms with Crippen molar-refractivity contribution in [2.45, 2.75) is 17.9 Å². The zero-order chi connectivity index (χ0) is 23.4. The highest BCUT2D eigenvalue weighted by atomic mass is 32.2. The van der Waals surface area contributed by atoms with E-state index in [1.807, 2.05) is 36.6 Å². The van der Waals surface area contributed by atoms with Crippen molar-refractivity contribution in [3.8, 4) is 0 Å². The minimum Gasteiger partial charge on any atom is -0.340 e. The Labute approximate surface area is 196 Å². The van der Waals surface area contributed by atoms with Gasteiger partial charge in [0.2, 0.25) is 0 Å². The van der Waals surface area contributed by atoms with Crippen molar-refractivity contribution < 1.29 is 17.6 Å². The van der Waals surface area contributed by atoms with Crippen molar-refractivity contribution in [1.82, 2.24) is 5.32 Å². The summed E-state index contributed by atoms with van der Waals surface area (Å²) >= 11 is 1.48. The quantitative estimate of drug-likeness (QED) is 0.366. The fourth-order valence-corrected chi connectivity index (χ4v) is 5.25. The third-order valence-electron chi connectivity index (χ3n) is 5.12. The molecule has 0 spiro atoms. The lowest BCUT2D eigenvalue weighted by Gasteiger charge is -2.18. The van der Waals surface area contributed by atoms with E-state index in [-0.39, 0.29) is 16.6 Å². The van der Waals surface area contributed by atoms with E-state index in [1.165, 1.54) is 47.7 Å². The van der Waals surface area contributed by atoms with Crippen molar-refractivity contribution in [2.24, 2.45) is 0 Å². The average Bonchev–Trinajstić information content (AvgIpc) is 3.34. The molecule has 0 radical (unpaired) electrons. The summed E-state index contributed by atoms with van der Waals surface area (Å²) in [6.45, 7) is 1.82. The molecule has 4 aromatic rings. The predicted molar refractivity (Wildman–Crippen MR) is 128 cm³/mol. The summed E-state index contributed by atoms with van der Waals surface area (Å²) in [5.41, 5.74) is 2.36. The molecule has 1 amide bonds. The number of hydrogen-bond donors (Lipinski definition) is 2. The third kappa shape index (κ3) is 5.30. The van der Waals surface area contributed by atoms with Gasteiger partial charge in [-0.15, -0.1) is 11.3 Å². The van der Waals surface area contributed by atoms with Crippen LogP contribution in [0.4, 0.5) is 10.1 Å². The van der Waals surface area contributed by atoms with Crippen LogP contribution in [0.5, 0.6) is 0 Å². The highest BCUT2D eigenvalue weighted by Gasteiger charge is 2.20. The van der Waals surface area contributed by atoms with Gasteiger partial charge in [0.05, 0.1) is 16.6 Å². The maximum Gasteiger partial charge on any atom is 0.261 e. The lowest BCUT2D eigenvalue weighted by molar-refractivity contribution is 0.0943. The van der Waals surface area contributed by atoms with Crippen LogP contribution in [0.25, 0.3) is 0 Å². The minimum absolute atomic E-state index is 0.0515. The Hall–Kier alpha value is -3.49. The van der Waals surface area contributed by atoms with Crippen LogP contribution in [-0.4, -0.2) is 14.3 Å². The first-order valence-electron chi connectivity index (χ1n) is 10.1. The van der Waals surface area contributed by atoms with Crippen LogP contribution in [-0.2, 0) is 10.0 Å². The van der Waals surface area contributed by atoms with E-state index in [9.17, 15) is 17.6 Å². The number of hydrogen-bond acceptors (Lipinski definition) is 4. The van der Waals surface area contributed by atoms with Crippen molar-refractivity contribution in [3.63, 3.8) is 0 Å². The standard InChI is InChI=1S/C25H21FN2O3S2/c1-17-5-2-3-6-22(17)28-33(30,31)21-14-10-19(11-15-21)25(29)27-24(23-7-4-16-32-23)18-8-12-20(26)13-9-18/h2-16,24,28H,1H3,(H,27,29). The van der Waals surface area contributed by atoms with Gasteiger partial charge in [0.25, 0.3) is 15.9 Å². The molecule has 0 aliphatic rings. The summed E-state index contributed by atoms with van der Waals surface area (Å²) < 4.78 is 41.4. The number of benzene rings is 3. The molecular formula is C25H21FN2O3S2. The summed E-state index contributed by atoms with van der Waals surface area (Å²) in [5, 5.41) is 4.86. The van der Waals surface area contributed by atoms with Gasteiger partial charge in [-0.3, -0.25) is 9.52 Å². The molecule has 4 rings (SSSR count). The molecule has 5 nitrogen and oxygen atoms in total. The number of anilines is 1. The molecule has 0 bridgehead atoms. The Balaban J connectivity index is 1.53. The van der Waals surface area contributed by atoms with Crippen molar-refractivity contribution in [2.75, 3.05) is 4.72 Å². The number of para-hydroxylation sites is 1. The van der Waals surface area contributed by atoms with Gasteiger partial charge in [0.1, 0.15) is 5.82 Å². The largest absolute Gasteiger partial charge is 0.340 e. The zero-order valence-corrected chi connectivity index (χ0v) is 19.3. The molecule has 1 aromatic heterocycles. The predicted octanol–water partition coefficient (Wildman–Crippen LogP) is 5.52. The lowest BCUT2D eigenvalue weighted by Crippen LogP contribution is -2.28. The molecule has 1 unspecified atom stereocenters. The first kappa shape index (κ1) is 22.7. The first-order chi connectivity index (χ1) is 15.8. The highest BCUT2D eigenvalue weighted by Crippen LogP contribution is 2.27. The molecule has 3 aromatic carbocycles. The number of amides is 1. The summed E-state index contributed by atoms with van der Waals surface area (Å²) in [4.78, 5) is 13.9. The van der Waals surface area contributed by atoms with E-state index in [0.717, 1.165) is 16.0 Å². The van der Waals surface area contributed by atoms with Crippen molar-refractivity contribution in [1.29, 1.82) is 0 Å². The van der Waals surface area contributed by atoms with Crippen LogP contribution in [0.3, 0.4) is 0 Å². The van der Waals surface area contributed by atoms with Crippen molar-refractivity contribution in [3.05, 3.63) is 118 Å². The molecule has 0 aliphatic heterocycles. The maximum absolute atomic E-state index is 13.4. The number of thiophene rings is 1. The Morgan fingerprint density at radius 1 is 0.909 bits per heavy atom. The second-order valence-electron chi connectivity index (χ2n) is 7.42. The second kappa shape index (κ2) is 9.56. The summed E-state index contributed by atoms with van der Waals surface area (Å²) in [6.07, 6.45) is 0. The molecule has 0 fully saturated rings. The molecule has 1 heterocycles. The van der Waals surface area contributed by atoms with Gasteiger partial charge >= 0.3 is 0 Å². The summed E-state index contributed by atoms with van der Waals surface area (Å²) in [7, 11) is -3.80. The molecule has 0 saturated heterocycles. The Morgan fingerprint density at radius 3 is 2.24 bits per heavy atom. The number of nitrogens with one attached hydrogen (secondary N) is 2. The van der Waals surface area contributed by atoms with Gasteiger partial charge in [-0.1, -0.05) is 36.4 Å². The highest BCUT2D eigenvalue weighted by molar-refractivity contribution is 7.92. The van der Waals surface area contributed by atoms with Crippen LogP contribution in [0, 0.1) is 12.7 Å². The topological polar surface area (TPSA) is 75.3 Å². The fourth-order valence-electron chi connectivity index (χ4n) is 3.32. The van der Waals surface area contributed by atoms with Crippen LogP contribution >= 0.6 is 11.3 Å². The molecule has 2 N–H and O–H groups in total. The summed E-state index contributed by atoms with van der Waals surface area (Å²) in [5.74, 6) is -0.723. The van der Waals surface area contributed by atoms with Gasteiger partial charge in [-0.05, 0) is 72.0 Å². The van der Waals surface area contributed by atoms with Crippen molar-refractivity contribution >= 4 is 33.0 Å². The Bertz CT molecular complexity index is 1350. The molecule has 33 heavy (non-hydrogen) atoms. The molecule has 168 valence electrons. The lowest BCUT2D eigenvalue weighted by atomic mass is 10.0. The van der Waals surface area contributed by atoms with E-state index in [4.69, 9.17) is 0 Å². The Kier molecular flexibility index (Phi) is 6.57. The van der Waals surface area contributed by atoms with Gasteiger partial charge in [-0.25, -0.2) is 12.8 Å². The van der Waals surface area contributed by atoms with Crippen LogP contribution < -0.4 is 10.0 Å².